The molecule has 1 heterocycles. The van der Waals surface area contributed by atoms with E-state index in [1.807, 2.05) is 18.2 Å². The molecule has 0 amide bonds. The molecule has 1 saturated heterocycles. The first-order chi connectivity index (χ1) is 16.8. The number of carbonyl (C=O) groups excluding carboxylic acids is 1. The lowest BCUT2D eigenvalue weighted by Gasteiger charge is -2.36. The van der Waals surface area contributed by atoms with E-state index in [2.05, 4.69) is 4.90 Å². The van der Waals surface area contributed by atoms with Gasteiger partial charge in [-0.25, -0.2) is 4.39 Å². The highest BCUT2D eigenvalue weighted by molar-refractivity contribution is 5.75. The van der Waals surface area contributed by atoms with Crippen molar-refractivity contribution < 1.29 is 27.1 Å². The van der Waals surface area contributed by atoms with Crippen LogP contribution in [0.2, 0.25) is 0 Å². The van der Waals surface area contributed by atoms with E-state index in [1.165, 1.54) is 31.4 Å². The summed E-state index contributed by atoms with van der Waals surface area (Å²) in [7, 11) is 1.31. The second kappa shape index (κ2) is 10.6. The molecule has 3 aromatic carbocycles. The number of methoxy groups -OCH3 is 1. The van der Waals surface area contributed by atoms with Crippen LogP contribution in [0.5, 0.6) is 0 Å². The van der Waals surface area contributed by atoms with E-state index in [1.54, 1.807) is 12.1 Å². The van der Waals surface area contributed by atoms with Gasteiger partial charge in [0.25, 0.3) is 0 Å². The van der Waals surface area contributed by atoms with Gasteiger partial charge in [-0.3, -0.25) is 9.69 Å². The number of hydrogen-bond acceptors (Lipinski definition) is 3. The number of halogens is 4. The summed E-state index contributed by atoms with van der Waals surface area (Å²) in [5.41, 5.74) is 3.13. The van der Waals surface area contributed by atoms with Crippen molar-refractivity contribution in [1.82, 2.24) is 4.90 Å². The van der Waals surface area contributed by atoms with Gasteiger partial charge < -0.3 is 4.74 Å². The van der Waals surface area contributed by atoms with E-state index in [-0.39, 0.29) is 18.3 Å². The fourth-order valence-electron chi connectivity index (χ4n) is 4.69. The summed E-state index contributed by atoms with van der Waals surface area (Å²) in [6.07, 6.45) is -1.17. The molecule has 184 valence electrons. The number of likely N-dealkylation sites (tertiary alicyclic amines) is 1. The van der Waals surface area contributed by atoms with Crippen LogP contribution < -0.4 is 0 Å². The Morgan fingerprint density at radius 2 is 1.60 bits per heavy atom. The molecule has 1 atom stereocenters. The van der Waals surface area contributed by atoms with E-state index in [0.29, 0.717) is 11.1 Å². The molecule has 0 aromatic heterocycles. The lowest BCUT2D eigenvalue weighted by atomic mass is 9.87. The van der Waals surface area contributed by atoms with Crippen LogP contribution in [0, 0.1) is 5.82 Å². The Labute approximate surface area is 202 Å². The van der Waals surface area contributed by atoms with Crippen molar-refractivity contribution in [2.24, 2.45) is 0 Å². The molecule has 0 radical (unpaired) electrons. The maximum atomic E-state index is 13.7. The Morgan fingerprint density at radius 3 is 2.20 bits per heavy atom. The SMILES string of the molecule is COC(=O)Cc1ccc(C(c2ccc(F)cc2)N2CCCCC2)c(-c2ccc(C(F)(F)F)cc2)c1. The van der Waals surface area contributed by atoms with Crippen LogP contribution in [0.25, 0.3) is 11.1 Å². The van der Waals surface area contributed by atoms with E-state index in [4.69, 9.17) is 4.74 Å². The molecule has 0 spiro atoms. The predicted molar refractivity (Wildman–Crippen MR) is 126 cm³/mol. The fraction of sp³-hybridized carbons (Fsp3) is 0.321. The van der Waals surface area contributed by atoms with Gasteiger partial charge in [0.15, 0.2) is 0 Å². The fourth-order valence-corrected chi connectivity index (χ4v) is 4.69. The summed E-state index contributed by atoms with van der Waals surface area (Å²) in [6, 6.07) is 16.8. The number of hydrogen-bond donors (Lipinski definition) is 0. The number of esters is 1. The molecule has 0 bridgehead atoms. The lowest BCUT2D eigenvalue weighted by molar-refractivity contribution is -0.140. The second-order valence-electron chi connectivity index (χ2n) is 8.80. The van der Waals surface area contributed by atoms with Gasteiger partial charge in [0, 0.05) is 0 Å². The molecule has 3 aromatic rings. The summed E-state index contributed by atoms with van der Waals surface area (Å²) in [5.74, 6) is -0.732. The van der Waals surface area contributed by atoms with Crippen molar-refractivity contribution in [1.29, 1.82) is 0 Å². The van der Waals surface area contributed by atoms with Gasteiger partial charge in [0.05, 0.1) is 25.1 Å². The third-order valence-corrected chi connectivity index (χ3v) is 6.45. The van der Waals surface area contributed by atoms with Crippen LogP contribution >= 0.6 is 0 Å². The highest BCUT2D eigenvalue weighted by atomic mass is 19.4. The third-order valence-electron chi connectivity index (χ3n) is 6.45. The maximum Gasteiger partial charge on any atom is 0.416 e. The van der Waals surface area contributed by atoms with Crippen molar-refractivity contribution >= 4 is 5.97 Å². The summed E-state index contributed by atoms with van der Waals surface area (Å²) in [6.45, 7) is 1.72. The molecule has 3 nitrogen and oxygen atoms in total. The minimum atomic E-state index is -4.43. The molecular weight excluding hydrogens is 458 g/mol. The van der Waals surface area contributed by atoms with E-state index in [9.17, 15) is 22.4 Å². The normalized spacial score (nSPS) is 15.6. The van der Waals surface area contributed by atoms with Gasteiger partial charge in [-0.1, -0.05) is 48.9 Å². The van der Waals surface area contributed by atoms with Crippen molar-refractivity contribution in [2.75, 3.05) is 20.2 Å². The minimum Gasteiger partial charge on any atom is -0.469 e. The first-order valence-electron chi connectivity index (χ1n) is 11.6. The highest BCUT2D eigenvalue weighted by Gasteiger charge is 2.31. The van der Waals surface area contributed by atoms with E-state index >= 15 is 0 Å². The van der Waals surface area contributed by atoms with Gasteiger partial charge in [-0.15, -0.1) is 0 Å². The van der Waals surface area contributed by atoms with Crippen LogP contribution in [-0.2, 0) is 22.1 Å². The number of benzene rings is 3. The molecule has 0 N–H and O–H groups in total. The molecule has 35 heavy (non-hydrogen) atoms. The molecular formula is C28H27F4NO2. The van der Waals surface area contributed by atoms with Crippen molar-refractivity contribution in [3.63, 3.8) is 0 Å². The summed E-state index contributed by atoms with van der Waals surface area (Å²) in [4.78, 5) is 14.2. The van der Waals surface area contributed by atoms with Crippen molar-refractivity contribution in [3.8, 4) is 11.1 Å². The van der Waals surface area contributed by atoms with Crippen LogP contribution in [0.1, 0.15) is 47.6 Å². The van der Waals surface area contributed by atoms with Crippen LogP contribution in [0.15, 0.2) is 66.7 Å². The molecule has 0 saturated carbocycles. The van der Waals surface area contributed by atoms with Crippen LogP contribution in [0.4, 0.5) is 17.6 Å². The smallest absolute Gasteiger partial charge is 0.416 e. The topological polar surface area (TPSA) is 29.5 Å². The van der Waals surface area contributed by atoms with Gasteiger partial charge in [0.1, 0.15) is 5.82 Å². The van der Waals surface area contributed by atoms with Crippen molar-refractivity contribution in [3.05, 3.63) is 94.8 Å². The molecule has 0 aliphatic carbocycles. The molecule has 1 aliphatic rings. The standard InChI is InChI=1S/C28H27F4NO2/c1-35-26(34)18-19-5-14-24(25(17-19)20-6-10-22(11-7-20)28(30,31)32)27(33-15-3-2-4-16-33)21-8-12-23(29)13-9-21/h5-14,17,27H,2-4,15-16,18H2,1H3. The Kier molecular flexibility index (Phi) is 7.55. The quantitative estimate of drug-likeness (QED) is 0.284. The predicted octanol–water partition coefficient (Wildman–Crippen LogP) is 6.80. The molecule has 1 aliphatic heterocycles. The second-order valence-corrected chi connectivity index (χ2v) is 8.80. The van der Waals surface area contributed by atoms with Crippen LogP contribution in [-0.4, -0.2) is 31.1 Å². The summed E-state index contributed by atoms with van der Waals surface area (Å²) in [5, 5.41) is 0. The molecule has 1 fully saturated rings. The van der Waals surface area contributed by atoms with Gasteiger partial charge >= 0.3 is 12.1 Å². The first kappa shape index (κ1) is 24.9. The lowest BCUT2D eigenvalue weighted by Crippen LogP contribution is -2.34. The Balaban J connectivity index is 1.85. The van der Waals surface area contributed by atoms with Crippen LogP contribution in [0.3, 0.4) is 0 Å². The number of nitrogens with zero attached hydrogens (tertiary/aromatic N) is 1. The number of rotatable bonds is 6. The molecule has 4 rings (SSSR count). The zero-order chi connectivity index (χ0) is 25.0. The number of piperidine rings is 1. The Morgan fingerprint density at radius 1 is 0.943 bits per heavy atom. The zero-order valence-corrected chi connectivity index (χ0v) is 19.4. The molecule has 1 unspecified atom stereocenters. The number of carbonyl (C=O) groups is 1. The average Bonchev–Trinajstić information content (AvgIpc) is 2.86. The van der Waals surface area contributed by atoms with Gasteiger partial charge in [0.2, 0.25) is 0 Å². The maximum absolute atomic E-state index is 13.7. The number of alkyl halides is 3. The van der Waals surface area contributed by atoms with E-state index in [0.717, 1.165) is 61.2 Å². The summed E-state index contributed by atoms with van der Waals surface area (Å²) >= 11 is 0. The van der Waals surface area contributed by atoms with E-state index < -0.39 is 17.7 Å². The highest BCUT2D eigenvalue weighted by Crippen LogP contribution is 2.39. The van der Waals surface area contributed by atoms with Gasteiger partial charge in [-0.2, -0.15) is 13.2 Å². The first-order valence-corrected chi connectivity index (χ1v) is 11.6. The van der Waals surface area contributed by atoms with Crippen molar-refractivity contribution in [2.45, 2.75) is 37.9 Å². The monoisotopic (exact) mass is 485 g/mol. The Hall–Kier alpha value is -3.19. The zero-order valence-electron chi connectivity index (χ0n) is 19.4. The minimum absolute atomic E-state index is 0.0509. The van der Waals surface area contributed by atoms with Gasteiger partial charge in [-0.05, 0) is 78.0 Å². The molecule has 7 heteroatoms. The average molecular weight is 486 g/mol. The number of ether oxygens (including phenoxy) is 1. The third kappa shape index (κ3) is 5.90. The largest absolute Gasteiger partial charge is 0.469 e. The summed E-state index contributed by atoms with van der Waals surface area (Å²) < 4.78 is 58.1. The Bertz CT molecular complexity index is 1150.